The van der Waals surface area contributed by atoms with Crippen molar-refractivity contribution in [3.05, 3.63) is 19.4 Å². The van der Waals surface area contributed by atoms with Crippen molar-refractivity contribution in [2.45, 2.75) is 19.6 Å². The van der Waals surface area contributed by atoms with Gasteiger partial charge in [-0.3, -0.25) is 0 Å². The average Bonchev–Trinajstić information content (AvgIpc) is 1.30. The molecule has 0 saturated heterocycles. The van der Waals surface area contributed by atoms with Crippen LogP contribution in [0.4, 0.5) is 0 Å². The Labute approximate surface area is 66.2 Å². The van der Waals surface area contributed by atoms with E-state index in [1.807, 2.05) is 6.42 Å². The zero-order chi connectivity index (χ0) is 5.91. The van der Waals surface area contributed by atoms with E-state index in [4.69, 9.17) is 0 Å². The Balaban J connectivity index is 0. The maximum atomic E-state index is 3.63. The van der Waals surface area contributed by atoms with Crippen molar-refractivity contribution in [3.63, 3.8) is 0 Å². The van der Waals surface area contributed by atoms with Gasteiger partial charge in [0.1, 0.15) is 0 Å². The van der Waals surface area contributed by atoms with Crippen LogP contribution < -0.4 is 18.9 Å². The second-order valence-electron chi connectivity index (χ2n) is 2.77. The zero-order valence-corrected chi connectivity index (χ0v) is 7.36. The van der Waals surface area contributed by atoms with Crippen molar-refractivity contribution >= 4 is 8.07 Å². The van der Waals surface area contributed by atoms with Crippen molar-refractivity contribution in [3.8, 4) is 0 Å². The van der Waals surface area contributed by atoms with Crippen LogP contribution in [0.2, 0.25) is 19.6 Å². The topological polar surface area (TPSA) is 0 Å². The number of hydrogen-bond acceptors (Lipinski definition) is 0. The van der Waals surface area contributed by atoms with Gasteiger partial charge in [-0.05, 0) is 19.4 Å². The predicted molar refractivity (Wildman–Crippen MR) is 37.3 cm³/mol. The molecule has 0 aliphatic heterocycles. The molecule has 0 bridgehead atoms. The van der Waals surface area contributed by atoms with Crippen LogP contribution >= 0.6 is 0 Å². The van der Waals surface area contributed by atoms with Crippen molar-refractivity contribution in [1.82, 2.24) is 0 Å². The smallest absolute Gasteiger partial charge is 0.0693 e. The van der Waals surface area contributed by atoms with Crippen molar-refractivity contribution in [2.75, 3.05) is 0 Å². The third kappa shape index (κ3) is 9.94. The molecule has 0 aromatic rings. The van der Waals surface area contributed by atoms with Crippen LogP contribution in [0.3, 0.4) is 0 Å². The summed E-state index contributed by atoms with van der Waals surface area (Å²) < 4.78 is 0. The maximum Gasteiger partial charge on any atom is 1.00 e. The van der Waals surface area contributed by atoms with Gasteiger partial charge in [0.05, 0.1) is 0 Å². The number of hydrogen-bond donors (Lipinski definition) is 0. The molecule has 0 unspecified atom stereocenters. The van der Waals surface area contributed by atoms with E-state index in [0.29, 0.717) is 0 Å². The molecule has 0 aliphatic carbocycles. The molecule has 2 heteroatoms. The SMILES string of the molecule is [CH2][CH][CH][Si](C)(C)C.[Li+]. The molecule has 0 atom stereocenters. The maximum absolute atomic E-state index is 3.63. The van der Waals surface area contributed by atoms with Gasteiger partial charge in [0.15, 0.2) is 0 Å². The molecule has 41 valence electrons. The van der Waals surface area contributed by atoms with Gasteiger partial charge < -0.3 is 0 Å². The molecule has 0 amide bonds. The van der Waals surface area contributed by atoms with Gasteiger partial charge >= 0.3 is 18.9 Å². The van der Waals surface area contributed by atoms with E-state index < -0.39 is 8.07 Å². The predicted octanol–water partition coefficient (Wildman–Crippen LogP) is -0.890. The van der Waals surface area contributed by atoms with Gasteiger partial charge in [-0.15, -0.1) is 0 Å². The van der Waals surface area contributed by atoms with Crippen LogP contribution in [-0.4, -0.2) is 8.07 Å². The Morgan fingerprint density at radius 2 is 1.62 bits per heavy atom. The fourth-order valence-electron chi connectivity index (χ4n) is 0.354. The summed E-state index contributed by atoms with van der Waals surface area (Å²) in [5.74, 6) is 0. The van der Waals surface area contributed by atoms with Crippen LogP contribution in [0.25, 0.3) is 0 Å². The van der Waals surface area contributed by atoms with Crippen LogP contribution in [-0.2, 0) is 0 Å². The fraction of sp³-hybridized carbons (Fsp3) is 0.500. The third-order valence-electron chi connectivity index (χ3n) is 0.618. The summed E-state index contributed by atoms with van der Waals surface area (Å²) in [6.45, 7) is 10.5. The Bertz CT molecular complexity index is 47.0. The van der Waals surface area contributed by atoms with Gasteiger partial charge in [-0.25, -0.2) is 0 Å². The van der Waals surface area contributed by atoms with E-state index in [1.165, 1.54) is 0 Å². The minimum Gasteiger partial charge on any atom is -0.0693 e. The van der Waals surface area contributed by atoms with E-state index in [1.54, 1.807) is 0 Å². The fourth-order valence-corrected chi connectivity index (χ4v) is 1.06. The summed E-state index contributed by atoms with van der Waals surface area (Å²) in [7, 11) is -0.900. The van der Waals surface area contributed by atoms with Crippen molar-refractivity contribution in [2.24, 2.45) is 0 Å². The summed E-state index contributed by atoms with van der Waals surface area (Å²) in [4.78, 5) is 0. The molecule has 3 radical (unpaired) electrons. The minimum absolute atomic E-state index is 0. The third-order valence-corrected chi connectivity index (χ3v) is 1.85. The van der Waals surface area contributed by atoms with E-state index in [2.05, 4.69) is 32.6 Å². The van der Waals surface area contributed by atoms with E-state index >= 15 is 0 Å². The molecule has 0 heterocycles. The molecular weight excluding hydrogens is 107 g/mol. The Morgan fingerprint density at radius 3 is 1.62 bits per heavy atom. The minimum atomic E-state index is -0.900. The van der Waals surface area contributed by atoms with Gasteiger partial charge in [0, 0.05) is 8.07 Å². The van der Waals surface area contributed by atoms with E-state index in [0.717, 1.165) is 0 Å². The summed E-state index contributed by atoms with van der Waals surface area (Å²) in [6.07, 6.45) is 1.90. The van der Waals surface area contributed by atoms with Gasteiger partial charge in [0.2, 0.25) is 0 Å². The first kappa shape index (κ1) is 11.6. The van der Waals surface area contributed by atoms with Crippen LogP contribution in [0.15, 0.2) is 0 Å². The van der Waals surface area contributed by atoms with Crippen LogP contribution in [0, 0.1) is 19.4 Å². The normalized spacial score (nSPS) is 10.5. The Hall–Kier alpha value is 0.814. The summed E-state index contributed by atoms with van der Waals surface area (Å²) in [5, 5.41) is 0. The second-order valence-corrected chi connectivity index (χ2v) is 7.83. The zero-order valence-electron chi connectivity index (χ0n) is 6.36. The van der Waals surface area contributed by atoms with Crippen LogP contribution in [0.1, 0.15) is 0 Å². The molecule has 0 fully saturated rings. The second kappa shape index (κ2) is 4.67. The first-order valence-electron chi connectivity index (χ1n) is 2.53. The molecule has 0 nitrogen and oxygen atoms in total. The largest absolute Gasteiger partial charge is 1.00 e. The molecule has 0 N–H and O–H groups in total. The molecular formula is C6H13LiSi+. The Kier molecular flexibility index (Phi) is 6.77. The monoisotopic (exact) mass is 120 g/mol. The van der Waals surface area contributed by atoms with E-state index in [9.17, 15) is 0 Å². The molecule has 0 aromatic heterocycles. The van der Waals surface area contributed by atoms with Gasteiger partial charge in [0.25, 0.3) is 0 Å². The molecule has 0 saturated carbocycles. The van der Waals surface area contributed by atoms with Crippen molar-refractivity contribution < 1.29 is 18.9 Å². The standard InChI is InChI=1S/C6H13Si.Li/c1-5-6-7(2,3)4;/h5-6H,1H2,2-4H3;/q;+1. The first-order chi connectivity index (χ1) is 3.06. The molecule has 0 rings (SSSR count). The van der Waals surface area contributed by atoms with Crippen LogP contribution in [0.5, 0.6) is 0 Å². The quantitative estimate of drug-likeness (QED) is 0.415. The molecule has 0 spiro atoms. The van der Waals surface area contributed by atoms with Gasteiger partial charge in [-0.1, -0.05) is 19.6 Å². The average molecular weight is 120 g/mol. The van der Waals surface area contributed by atoms with Gasteiger partial charge in [-0.2, -0.15) is 0 Å². The Morgan fingerprint density at radius 1 is 1.25 bits per heavy atom. The summed E-state index contributed by atoms with van der Waals surface area (Å²) in [5.41, 5.74) is 0. The van der Waals surface area contributed by atoms with E-state index in [-0.39, 0.29) is 18.9 Å². The first-order valence-corrected chi connectivity index (χ1v) is 6.11. The summed E-state index contributed by atoms with van der Waals surface area (Å²) >= 11 is 0. The molecule has 0 aliphatic rings. The molecule has 0 aromatic carbocycles. The molecule has 8 heavy (non-hydrogen) atoms. The number of rotatable bonds is 2. The summed E-state index contributed by atoms with van der Waals surface area (Å²) in [6, 6.07) is 2.22. The van der Waals surface area contributed by atoms with Crippen molar-refractivity contribution in [1.29, 1.82) is 0 Å².